The summed E-state index contributed by atoms with van der Waals surface area (Å²) < 4.78 is 13.7. The lowest BCUT2D eigenvalue weighted by atomic mass is 9.82. The van der Waals surface area contributed by atoms with Crippen molar-refractivity contribution in [3.63, 3.8) is 0 Å². The second-order valence-corrected chi connectivity index (χ2v) is 5.43. The molecule has 1 atom stereocenters. The summed E-state index contributed by atoms with van der Waals surface area (Å²) in [5, 5.41) is 0. The van der Waals surface area contributed by atoms with Gasteiger partial charge in [-0.15, -0.1) is 0 Å². The minimum atomic E-state index is -0.389. The second-order valence-electron chi connectivity index (χ2n) is 5.43. The zero-order valence-electron chi connectivity index (χ0n) is 11.8. The van der Waals surface area contributed by atoms with Crippen molar-refractivity contribution in [3.8, 4) is 0 Å². The Morgan fingerprint density at radius 2 is 1.44 bits per heavy atom. The number of hydrogen-bond acceptors (Lipinski definition) is 1. The number of rotatable bonds is 4. The summed E-state index contributed by atoms with van der Waals surface area (Å²) in [6.45, 7) is 9.77. The van der Waals surface area contributed by atoms with Crippen molar-refractivity contribution in [2.24, 2.45) is 5.73 Å². The third kappa shape index (κ3) is 2.89. The summed E-state index contributed by atoms with van der Waals surface area (Å²) in [7, 11) is 0. The van der Waals surface area contributed by atoms with Crippen LogP contribution in [0, 0.1) is 5.82 Å². The highest BCUT2D eigenvalue weighted by atomic mass is 19.1. The van der Waals surface area contributed by atoms with E-state index in [1.54, 1.807) is 6.92 Å². The third-order valence-corrected chi connectivity index (χ3v) is 3.31. The number of amides is 1. The smallest absolute Gasteiger partial charge is 0.224 e. The fraction of sp³-hybridized carbons (Fsp3) is 0.533. The molecule has 0 radical (unpaired) electrons. The van der Waals surface area contributed by atoms with Crippen molar-refractivity contribution < 1.29 is 9.18 Å². The number of hydrogen-bond donors (Lipinski definition) is 1. The van der Waals surface area contributed by atoms with Crippen LogP contribution in [-0.2, 0) is 4.79 Å². The van der Waals surface area contributed by atoms with E-state index >= 15 is 0 Å². The molecule has 0 bridgehead atoms. The van der Waals surface area contributed by atoms with E-state index in [2.05, 4.69) is 0 Å². The van der Waals surface area contributed by atoms with Crippen LogP contribution in [0.5, 0.6) is 0 Å². The van der Waals surface area contributed by atoms with Crippen molar-refractivity contribution in [2.75, 3.05) is 0 Å². The molecule has 1 aromatic rings. The highest BCUT2D eigenvalue weighted by Gasteiger charge is 2.23. The Labute approximate surface area is 108 Å². The van der Waals surface area contributed by atoms with E-state index in [1.807, 2.05) is 27.7 Å². The lowest BCUT2D eigenvalue weighted by Crippen LogP contribution is -2.22. The zero-order valence-corrected chi connectivity index (χ0v) is 11.8. The molecule has 0 saturated heterocycles. The largest absolute Gasteiger partial charge is 0.369 e. The first kappa shape index (κ1) is 14.7. The van der Waals surface area contributed by atoms with Crippen LogP contribution in [0.15, 0.2) is 12.1 Å². The van der Waals surface area contributed by atoms with Gasteiger partial charge in [-0.2, -0.15) is 0 Å². The third-order valence-electron chi connectivity index (χ3n) is 3.31. The Morgan fingerprint density at radius 3 is 1.72 bits per heavy atom. The summed E-state index contributed by atoms with van der Waals surface area (Å²) in [5.41, 5.74) is 8.07. The summed E-state index contributed by atoms with van der Waals surface area (Å²) in [6.07, 6.45) is 0. The maximum absolute atomic E-state index is 13.7. The molecule has 2 nitrogen and oxygen atoms in total. The molecule has 0 aromatic heterocycles. The molecule has 18 heavy (non-hydrogen) atoms. The average molecular weight is 251 g/mol. The molecule has 0 fully saturated rings. The van der Waals surface area contributed by atoms with Crippen LogP contribution >= 0.6 is 0 Å². The van der Waals surface area contributed by atoms with Crippen LogP contribution in [0.1, 0.15) is 69.1 Å². The van der Waals surface area contributed by atoms with Crippen molar-refractivity contribution >= 4 is 5.91 Å². The minimum absolute atomic E-state index is 0.162. The van der Waals surface area contributed by atoms with Gasteiger partial charge < -0.3 is 5.73 Å². The normalized spacial score (nSPS) is 13.1. The highest BCUT2D eigenvalue weighted by molar-refractivity contribution is 5.82. The topological polar surface area (TPSA) is 43.1 Å². The van der Waals surface area contributed by atoms with E-state index in [0.29, 0.717) is 0 Å². The van der Waals surface area contributed by atoms with Crippen LogP contribution in [0.25, 0.3) is 0 Å². The monoisotopic (exact) mass is 251 g/mol. The van der Waals surface area contributed by atoms with Gasteiger partial charge in [-0.25, -0.2) is 4.39 Å². The fourth-order valence-corrected chi connectivity index (χ4v) is 2.26. The molecule has 1 rings (SSSR count). The summed E-state index contributed by atoms with van der Waals surface area (Å²) in [4.78, 5) is 11.5. The van der Waals surface area contributed by atoms with Crippen LogP contribution in [0.3, 0.4) is 0 Å². The summed E-state index contributed by atoms with van der Waals surface area (Å²) >= 11 is 0. The first-order valence-corrected chi connectivity index (χ1v) is 6.38. The summed E-state index contributed by atoms with van der Waals surface area (Å²) in [6, 6.07) is 3.04. The lowest BCUT2D eigenvalue weighted by molar-refractivity contribution is -0.119. The number of carbonyl (C=O) groups is 1. The second kappa shape index (κ2) is 5.51. The van der Waals surface area contributed by atoms with Gasteiger partial charge in [-0.3, -0.25) is 4.79 Å². The molecular formula is C15H22FNO. The Balaban J connectivity index is 3.55. The minimum Gasteiger partial charge on any atom is -0.369 e. The number of carbonyl (C=O) groups excluding carboxylic acids is 1. The van der Waals surface area contributed by atoms with E-state index in [1.165, 1.54) is 12.1 Å². The van der Waals surface area contributed by atoms with E-state index in [0.717, 1.165) is 16.7 Å². The maximum Gasteiger partial charge on any atom is 0.224 e. The van der Waals surface area contributed by atoms with E-state index in [9.17, 15) is 9.18 Å². The van der Waals surface area contributed by atoms with Gasteiger partial charge in [-0.1, -0.05) is 27.7 Å². The van der Waals surface area contributed by atoms with Gasteiger partial charge in [0.15, 0.2) is 0 Å². The van der Waals surface area contributed by atoms with Crippen molar-refractivity contribution in [3.05, 3.63) is 34.6 Å². The van der Waals surface area contributed by atoms with Crippen molar-refractivity contribution in [2.45, 2.75) is 52.4 Å². The zero-order chi connectivity index (χ0) is 14.0. The molecule has 1 unspecified atom stereocenters. The molecule has 0 aliphatic heterocycles. The number of nitrogens with two attached hydrogens (primary N) is 1. The molecule has 0 spiro atoms. The van der Waals surface area contributed by atoms with Gasteiger partial charge in [0.05, 0.1) is 5.92 Å². The number of benzene rings is 1. The van der Waals surface area contributed by atoms with E-state index in [-0.39, 0.29) is 29.5 Å². The van der Waals surface area contributed by atoms with Crippen LogP contribution in [-0.4, -0.2) is 5.91 Å². The fourth-order valence-electron chi connectivity index (χ4n) is 2.26. The van der Waals surface area contributed by atoms with Crippen LogP contribution in [0.2, 0.25) is 0 Å². The van der Waals surface area contributed by atoms with Gasteiger partial charge in [0.2, 0.25) is 5.91 Å². The van der Waals surface area contributed by atoms with Crippen LogP contribution < -0.4 is 5.73 Å². The van der Waals surface area contributed by atoms with Gasteiger partial charge in [0, 0.05) is 0 Å². The molecule has 1 aromatic carbocycles. The molecule has 3 heteroatoms. The number of halogens is 1. The summed E-state index contributed by atoms with van der Waals surface area (Å²) in [5.74, 6) is -0.682. The van der Waals surface area contributed by atoms with Gasteiger partial charge >= 0.3 is 0 Å². The molecule has 1 amide bonds. The molecule has 0 saturated carbocycles. The standard InChI is InChI=1S/C15H22FNO/c1-8(2)12-6-11(16)7-13(9(3)4)14(12)10(5)15(17)18/h6-10H,1-5H3,(H2,17,18). The molecule has 0 heterocycles. The first-order chi connectivity index (χ1) is 8.25. The lowest BCUT2D eigenvalue weighted by Gasteiger charge is -2.23. The van der Waals surface area contributed by atoms with Gasteiger partial charge in [-0.05, 0) is 47.6 Å². The predicted octanol–water partition coefficient (Wildman–Crippen LogP) is 3.66. The number of primary amides is 1. The van der Waals surface area contributed by atoms with Crippen molar-refractivity contribution in [1.82, 2.24) is 0 Å². The van der Waals surface area contributed by atoms with Crippen molar-refractivity contribution in [1.29, 1.82) is 0 Å². The first-order valence-electron chi connectivity index (χ1n) is 6.38. The Kier molecular flexibility index (Phi) is 4.49. The molecular weight excluding hydrogens is 229 g/mol. The molecule has 2 N–H and O–H groups in total. The Hall–Kier alpha value is -1.38. The average Bonchev–Trinajstić information content (AvgIpc) is 2.26. The molecule has 100 valence electrons. The maximum atomic E-state index is 13.7. The highest BCUT2D eigenvalue weighted by Crippen LogP contribution is 2.34. The van der Waals surface area contributed by atoms with E-state index in [4.69, 9.17) is 5.73 Å². The molecule has 0 aliphatic carbocycles. The van der Waals surface area contributed by atoms with E-state index < -0.39 is 0 Å². The molecule has 0 aliphatic rings. The quantitative estimate of drug-likeness (QED) is 0.871. The predicted molar refractivity (Wildman–Crippen MR) is 72.2 cm³/mol. The Morgan fingerprint density at radius 1 is 1.06 bits per heavy atom. The van der Waals surface area contributed by atoms with Crippen LogP contribution in [0.4, 0.5) is 4.39 Å². The SMILES string of the molecule is CC(C)c1cc(F)cc(C(C)C)c1C(C)C(N)=O. The Bertz CT molecular complexity index is 423. The van der Waals surface area contributed by atoms with Gasteiger partial charge in [0.25, 0.3) is 0 Å². The van der Waals surface area contributed by atoms with Gasteiger partial charge in [0.1, 0.15) is 5.82 Å².